The molecule has 0 aliphatic heterocycles. The number of pyridine rings is 1. The highest BCUT2D eigenvalue weighted by Crippen LogP contribution is 2.19. The van der Waals surface area contributed by atoms with Gasteiger partial charge in [0.2, 0.25) is 0 Å². The summed E-state index contributed by atoms with van der Waals surface area (Å²) < 4.78 is 1.86. The zero-order chi connectivity index (χ0) is 14.8. The highest BCUT2D eigenvalue weighted by atomic mass is 15.3. The molecular weight excluding hydrogens is 260 g/mol. The number of fused-ring (bicyclic) bond motifs is 1. The van der Waals surface area contributed by atoms with E-state index in [2.05, 4.69) is 52.8 Å². The quantitative estimate of drug-likeness (QED) is 0.798. The Bertz CT molecular complexity index is 755. The van der Waals surface area contributed by atoms with Crippen molar-refractivity contribution in [3.05, 3.63) is 59.5 Å². The van der Waals surface area contributed by atoms with Crippen molar-refractivity contribution in [2.45, 2.75) is 26.4 Å². The van der Waals surface area contributed by atoms with Crippen molar-refractivity contribution in [2.24, 2.45) is 7.05 Å². The molecule has 0 spiro atoms. The van der Waals surface area contributed by atoms with Crippen LogP contribution < -0.4 is 5.32 Å². The molecule has 3 rings (SSSR count). The number of aromatic nitrogens is 3. The van der Waals surface area contributed by atoms with E-state index < -0.39 is 0 Å². The van der Waals surface area contributed by atoms with Crippen LogP contribution in [0.2, 0.25) is 0 Å². The Morgan fingerprint density at radius 2 is 2.05 bits per heavy atom. The summed E-state index contributed by atoms with van der Waals surface area (Å²) in [6.07, 6.45) is 3.93. The minimum Gasteiger partial charge on any atom is -0.306 e. The van der Waals surface area contributed by atoms with E-state index in [1.165, 1.54) is 16.5 Å². The number of para-hydroxylation sites is 1. The fourth-order valence-electron chi connectivity index (χ4n) is 2.73. The van der Waals surface area contributed by atoms with Crippen molar-refractivity contribution >= 4 is 10.9 Å². The molecule has 2 aromatic heterocycles. The molecule has 4 heteroatoms. The minimum absolute atomic E-state index is 0.262. The number of hydrogen-bond donors (Lipinski definition) is 1. The molecule has 1 aromatic carbocycles. The first-order valence-corrected chi connectivity index (χ1v) is 7.21. The summed E-state index contributed by atoms with van der Waals surface area (Å²) >= 11 is 0. The lowest BCUT2D eigenvalue weighted by atomic mass is 10.1. The first-order chi connectivity index (χ1) is 10.1. The summed E-state index contributed by atoms with van der Waals surface area (Å²) in [5.41, 5.74) is 4.61. The van der Waals surface area contributed by atoms with Gasteiger partial charge in [0.25, 0.3) is 0 Å². The molecule has 0 fully saturated rings. The van der Waals surface area contributed by atoms with Crippen LogP contribution in [0, 0.1) is 6.92 Å². The van der Waals surface area contributed by atoms with Crippen LogP contribution in [0.5, 0.6) is 0 Å². The van der Waals surface area contributed by atoms with Crippen molar-refractivity contribution in [1.29, 1.82) is 0 Å². The largest absolute Gasteiger partial charge is 0.306 e. The SMILES string of the molecule is Cc1nn(C)cc1C(C)NCc1cccc2cccnc12. The molecule has 1 N–H and O–H groups in total. The summed E-state index contributed by atoms with van der Waals surface area (Å²) in [6.45, 7) is 5.01. The van der Waals surface area contributed by atoms with Gasteiger partial charge in [0.1, 0.15) is 0 Å². The van der Waals surface area contributed by atoms with Crippen molar-refractivity contribution < 1.29 is 0 Å². The molecule has 0 amide bonds. The lowest BCUT2D eigenvalue weighted by Crippen LogP contribution is -2.18. The molecular formula is C17H20N4. The van der Waals surface area contributed by atoms with E-state index in [1.807, 2.05) is 30.9 Å². The van der Waals surface area contributed by atoms with Crippen molar-refractivity contribution in [2.75, 3.05) is 0 Å². The maximum absolute atomic E-state index is 4.50. The summed E-state index contributed by atoms with van der Waals surface area (Å²) in [7, 11) is 1.96. The van der Waals surface area contributed by atoms with Crippen LogP contribution in [0.4, 0.5) is 0 Å². The fourth-order valence-corrected chi connectivity index (χ4v) is 2.73. The Labute approximate surface area is 124 Å². The highest BCUT2D eigenvalue weighted by Gasteiger charge is 2.11. The normalized spacial score (nSPS) is 12.7. The maximum Gasteiger partial charge on any atom is 0.0746 e. The Kier molecular flexibility index (Phi) is 3.71. The Hall–Kier alpha value is -2.20. The Morgan fingerprint density at radius 1 is 1.24 bits per heavy atom. The van der Waals surface area contributed by atoms with Crippen LogP contribution >= 0.6 is 0 Å². The number of nitrogens with one attached hydrogen (secondary N) is 1. The zero-order valence-corrected chi connectivity index (χ0v) is 12.7. The molecule has 108 valence electrons. The number of benzene rings is 1. The molecule has 0 bridgehead atoms. The van der Waals surface area contributed by atoms with Crippen LogP contribution in [-0.4, -0.2) is 14.8 Å². The van der Waals surface area contributed by atoms with E-state index in [0.717, 1.165) is 17.8 Å². The number of nitrogens with zero attached hydrogens (tertiary/aromatic N) is 3. The average Bonchev–Trinajstić information content (AvgIpc) is 2.83. The van der Waals surface area contributed by atoms with Gasteiger partial charge in [0, 0.05) is 43.0 Å². The summed E-state index contributed by atoms with van der Waals surface area (Å²) in [5.74, 6) is 0. The summed E-state index contributed by atoms with van der Waals surface area (Å²) in [5, 5.41) is 9.15. The van der Waals surface area contributed by atoms with Crippen LogP contribution in [0.25, 0.3) is 10.9 Å². The first kappa shape index (κ1) is 13.8. The fraction of sp³-hybridized carbons (Fsp3) is 0.294. The Morgan fingerprint density at radius 3 is 2.81 bits per heavy atom. The third kappa shape index (κ3) is 2.81. The Balaban J connectivity index is 1.79. The van der Waals surface area contributed by atoms with E-state index in [9.17, 15) is 0 Å². The van der Waals surface area contributed by atoms with Gasteiger partial charge >= 0.3 is 0 Å². The van der Waals surface area contributed by atoms with Crippen LogP contribution in [-0.2, 0) is 13.6 Å². The maximum atomic E-state index is 4.50. The lowest BCUT2D eigenvalue weighted by molar-refractivity contribution is 0.573. The molecule has 0 aliphatic carbocycles. The van der Waals surface area contributed by atoms with Crippen LogP contribution in [0.1, 0.15) is 29.8 Å². The van der Waals surface area contributed by atoms with Gasteiger partial charge in [-0.1, -0.05) is 24.3 Å². The van der Waals surface area contributed by atoms with E-state index in [4.69, 9.17) is 0 Å². The predicted octanol–water partition coefficient (Wildman–Crippen LogP) is 3.13. The van der Waals surface area contributed by atoms with Gasteiger partial charge in [0.05, 0.1) is 11.2 Å². The predicted molar refractivity (Wildman–Crippen MR) is 84.9 cm³/mol. The van der Waals surface area contributed by atoms with Crippen molar-refractivity contribution in [1.82, 2.24) is 20.1 Å². The molecule has 0 saturated heterocycles. The average molecular weight is 280 g/mol. The molecule has 0 saturated carbocycles. The van der Waals surface area contributed by atoms with Gasteiger partial charge in [0.15, 0.2) is 0 Å². The van der Waals surface area contributed by atoms with Gasteiger partial charge in [-0.25, -0.2) is 0 Å². The standard InChI is InChI=1S/C17H20N4/c1-12(16-11-21(3)20-13(16)2)19-10-15-7-4-6-14-8-5-9-18-17(14)15/h4-9,11-12,19H,10H2,1-3H3. The zero-order valence-electron chi connectivity index (χ0n) is 12.7. The van der Waals surface area contributed by atoms with Crippen molar-refractivity contribution in [3.8, 4) is 0 Å². The number of aryl methyl sites for hydroxylation is 2. The van der Waals surface area contributed by atoms with Gasteiger partial charge in [-0.2, -0.15) is 5.10 Å². The van der Waals surface area contributed by atoms with Gasteiger partial charge in [-0.15, -0.1) is 0 Å². The molecule has 2 heterocycles. The first-order valence-electron chi connectivity index (χ1n) is 7.21. The monoisotopic (exact) mass is 280 g/mol. The number of rotatable bonds is 4. The molecule has 1 unspecified atom stereocenters. The lowest BCUT2D eigenvalue weighted by Gasteiger charge is -2.14. The summed E-state index contributed by atoms with van der Waals surface area (Å²) in [6, 6.07) is 10.6. The third-order valence-electron chi connectivity index (χ3n) is 3.83. The van der Waals surface area contributed by atoms with E-state index in [1.54, 1.807) is 0 Å². The van der Waals surface area contributed by atoms with E-state index >= 15 is 0 Å². The molecule has 4 nitrogen and oxygen atoms in total. The van der Waals surface area contributed by atoms with E-state index in [-0.39, 0.29) is 6.04 Å². The van der Waals surface area contributed by atoms with Crippen LogP contribution in [0.15, 0.2) is 42.7 Å². The molecule has 1 atom stereocenters. The summed E-state index contributed by atoms with van der Waals surface area (Å²) in [4.78, 5) is 4.50. The molecule has 0 radical (unpaired) electrons. The van der Waals surface area contributed by atoms with Crippen molar-refractivity contribution in [3.63, 3.8) is 0 Å². The minimum atomic E-state index is 0.262. The van der Waals surface area contributed by atoms with Gasteiger partial charge in [-0.05, 0) is 25.5 Å². The van der Waals surface area contributed by atoms with Gasteiger partial charge in [-0.3, -0.25) is 9.67 Å². The second kappa shape index (κ2) is 5.66. The molecule has 3 aromatic rings. The topological polar surface area (TPSA) is 42.7 Å². The smallest absolute Gasteiger partial charge is 0.0746 e. The number of hydrogen-bond acceptors (Lipinski definition) is 3. The van der Waals surface area contributed by atoms with Crippen LogP contribution in [0.3, 0.4) is 0 Å². The molecule has 21 heavy (non-hydrogen) atoms. The second-order valence-electron chi connectivity index (χ2n) is 5.44. The second-order valence-corrected chi connectivity index (χ2v) is 5.44. The van der Waals surface area contributed by atoms with E-state index in [0.29, 0.717) is 0 Å². The third-order valence-corrected chi connectivity index (χ3v) is 3.83. The van der Waals surface area contributed by atoms with Gasteiger partial charge < -0.3 is 5.32 Å². The molecule has 0 aliphatic rings. The highest BCUT2D eigenvalue weighted by molar-refractivity contribution is 5.81.